The molecule has 0 aliphatic carbocycles. The van der Waals surface area contributed by atoms with E-state index in [1.54, 1.807) is 0 Å². The molecule has 0 bridgehead atoms. The first-order chi connectivity index (χ1) is 11.9. The summed E-state index contributed by atoms with van der Waals surface area (Å²) in [6.45, 7) is 0. The quantitative estimate of drug-likeness (QED) is 0.542. The molecule has 0 atom stereocenters. The highest BCUT2D eigenvalue weighted by molar-refractivity contribution is 7.21. The van der Waals surface area contributed by atoms with Crippen molar-refractivity contribution in [2.24, 2.45) is 0 Å². The van der Waals surface area contributed by atoms with Crippen molar-refractivity contribution in [2.45, 2.75) is 0 Å². The third kappa shape index (κ3) is 2.77. The molecule has 3 aromatic rings. The molecule has 25 heavy (non-hydrogen) atoms. The fraction of sp³-hybridized carbons (Fsp3) is 0.125. The smallest absolute Gasteiger partial charge is 0.211 e. The largest absolute Gasteiger partial charge is 0.494 e. The van der Waals surface area contributed by atoms with E-state index in [-0.39, 0.29) is 27.2 Å². The zero-order chi connectivity index (χ0) is 18.3. The molecule has 0 spiro atoms. The summed E-state index contributed by atoms with van der Waals surface area (Å²) in [6, 6.07) is 2.51. The van der Waals surface area contributed by atoms with E-state index in [1.807, 2.05) is 0 Å². The number of methoxy groups -OCH3 is 2. The molecule has 2 N–H and O–H groups in total. The molecule has 3 rings (SSSR count). The van der Waals surface area contributed by atoms with Crippen LogP contribution >= 0.6 is 22.9 Å². The van der Waals surface area contributed by atoms with Gasteiger partial charge in [-0.05, 0) is 6.07 Å². The molecular formula is C16H11ClF2N2O3S. The average Bonchev–Trinajstić information content (AvgIpc) is 2.91. The topological polar surface area (TPSA) is 74.4 Å². The molecule has 0 aliphatic rings. The molecule has 0 fully saturated rings. The molecule has 0 saturated carbocycles. The van der Waals surface area contributed by atoms with Crippen LogP contribution in [0.15, 0.2) is 18.3 Å². The molecule has 1 aromatic carbocycles. The number of ether oxygens (including phenoxy) is 2. The number of pyridine rings is 1. The zero-order valence-electron chi connectivity index (χ0n) is 13.0. The van der Waals surface area contributed by atoms with E-state index in [2.05, 4.69) is 4.98 Å². The van der Waals surface area contributed by atoms with Crippen molar-refractivity contribution in [3.63, 3.8) is 0 Å². The lowest BCUT2D eigenvalue weighted by Crippen LogP contribution is -2.10. The highest BCUT2D eigenvalue weighted by atomic mass is 35.5. The maximum atomic E-state index is 14.5. The summed E-state index contributed by atoms with van der Waals surface area (Å²) < 4.78 is 39.3. The van der Waals surface area contributed by atoms with Crippen molar-refractivity contribution >= 4 is 44.5 Å². The number of thiophene rings is 1. The number of aromatic nitrogens is 1. The Hall–Kier alpha value is -2.45. The van der Waals surface area contributed by atoms with Gasteiger partial charge in [0.25, 0.3) is 0 Å². The van der Waals surface area contributed by atoms with Crippen LogP contribution in [0.2, 0.25) is 5.15 Å². The third-order valence-corrected chi connectivity index (χ3v) is 4.95. The second kappa shape index (κ2) is 6.45. The zero-order valence-corrected chi connectivity index (χ0v) is 14.6. The molecule has 9 heteroatoms. The van der Waals surface area contributed by atoms with Gasteiger partial charge in [0, 0.05) is 17.6 Å². The lowest BCUT2D eigenvalue weighted by molar-refractivity contribution is 0.103. The van der Waals surface area contributed by atoms with Gasteiger partial charge in [-0.2, -0.15) is 0 Å². The van der Waals surface area contributed by atoms with Crippen LogP contribution in [0.5, 0.6) is 11.5 Å². The minimum Gasteiger partial charge on any atom is -0.494 e. The van der Waals surface area contributed by atoms with Crippen molar-refractivity contribution in [1.82, 2.24) is 4.98 Å². The molecule has 0 saturated heterocycles. The number of hydrogen-bond acceptors (Lipinski definition) is 6. The Kier molecular flexibility index (Phi) is 4.49. The molecule has 0 amide bonds. The van der Waals surface area contributed by atoms with Gasteiger partial charge in [-0.1, -0.05) is 11.6 Å². The monoisotopic (exact) mass is 384 g/mol. The molecule has 130 valence electrons. The number of halogens is 3. The van der Waals surface area contributed by atoms with E-state index in [9.17, 15) is 13.6 Å². The van der Waals surface area contributed by atoms with Crippen molar-refractivity contribution in [3.05, 3.63) is 45.6 Å². The number of hydrogen-bond donors (Lipinski definition) is 1. The highest BCUT2D eigenvalue weighted by Crippen LogP contribution is 2.39. The van der Waals surface area contributed by atoms with E-state index < -0.39 is 23.0 Å². The lowest BCUT2D eigenvalue weighted by atomic mass is 10.1. The van der Waals surface area contributed by atoms with E-state index in [0.717, 1.165) is 17.4 Å². The molecule has 2 heterocycles. The van der Waals surface area contributed by atoms with Crippen LogP contribution in [0.1, 0.15) is 15.2 Å². The predicted molar refractivity (Wildman–Crippen MR) is 91.9 cm³/mol. The minimum atomic E-state index is -1.13. The average molecular weight is 385 g/mol. The summed E-state index contributed by atoms with van der Waals surface area (Å²) >= 11 is 6.80. The summed E-state index contributed by atoms with van der Waals surface area (Å²) in [4.78, 5) is 16.7. The Morgan fingerprint density at radius 2 is 1.80 bits per heavy atom. The maximum absolute atomic E-state index is 14.5. The summed E-state index contributed by atoms with van der Waals surface area (Å²) in [6.07, 6.45) is 1.44. The summed E-state index contributed by atoms with van der Waals surface area (Å²) in [5.41, 5.74) is 5.26. The molecular weight excluding hydrogens is 374 g/mol. The van der Waals surface area contributed by atoms with Gasteiger partial charge in [0.05, 0.1) is 29.5 Å². The van der Waals surface area contributed by atoms with Crippen LogP contribution in [-0.2, 0) is 0 Å². The van der Waals surface area contributed by atoms with Gasteiger partial charge in [0.1, 0.15) is 10.7 Å². The molecule has 2 aromatic heterocycles. The number of nitrogens with two attached hydrogens (primary N) is 1. The second-order valence-electron chi connectivity index (χ2n) is 4.96. The normalized spacial score (nSPS) is 10.9. The number of benzene rings is 1. The Balaban J connectivity index is 2.24. The standard InChI is InChI=1S/C16H11ClF2N2O3S/c1-23-7-4-8(24-2)13(19)11(12(7)18)15(22)16-14(20)6-3-10(17)21-5-9(6)25-16/h3-5H,20H2,1-2H3. The molecule has 0 aliphatic heterocycles. The second-order valence-corrected chi connectivity index (χ2v) is 6.40. The van der Waals surface area contributed by atoms with Gasteiger partial charge in [-0.3, -0.25) is 4.79 Å². The van der Waals surface area contributed by atoms with Gasteiger partial charge in [-0.25, -0.2) is 13.8 Å². The molecule has 5 nitrogen and oxygen atoms in total. The first-order valence-electron chi connectivity index (χ1n) is 6.87. The van der Waals surface area contributed by atoms with Crippen LogP contribution < -0.4 is 15.2 Å². The van der Waals surface area contributed by atoms with E-state index >= 15 is 0 Å². The number of nitrogens with zero attached hydrogens (tertiary/aromatic N) is 1. The summed E-state index contributed by atoms with van der Waals surface area (Å²) in [5, 5.41) is 0.681. The van der Waals surface area contributed by atoms with Crippen molar-refractivity contribution in [3.8, 4) is 11.5 Å². The number of carbonyl (C=O) groups is 1. The van der Waals surface area contributed by atoms with Gasteiger partial charge >= 0.3 is 0 Å². The van der Waals surface area contributed by atoms with Crippen LogP contribution in [0.4, 0.5) is 14.5 Å². The van der Waals surface area contributed by atoms with Gasteiger partial charge in [0.2, 0.25) is 5.78 Å². The van der Waals surface area contributed by atoms with Crippen LogP contribution in [-0.4, -0.2) is 25.0 Å². The van der Waals surface area contributed by atoms with Crippen molar-refractivity contribution in [1.29, 1.82) is 0 Å². The highest BCUT2D eigenvalue weighted by Gasteiger charge is 2.29. The first-order valence-corrected chi connectivity index (χ1v) is 8.06. The number of rotatable bonds is 4. The van der Waals surface area contributed by atoms with Gasteiger partial charge in [0.15, 0.2) is 23.1 Å². The SMILES string of the molecule is COc1cc(OC)c(F)c(C(=O)c2sc3cnc(Cl)cc3c2N)c1F. The first kappa shape index (κ1) is 17.4. The molecule has 0 unspecified atom stereocenters. The van der Waals surface area contributed by atoms with Gasteiger partial charge in [-0.15, -0.1) is 11.3 Å². The molecule has 0 radical (unpaired) electrons. The predicted octanol–water partition coefficient (Wildman–Crippen LogP) is 4.06. The van der Waals surface area contributed by atoms with Crippen LogP contribution in [0, 0.1) is 11.6 Å². The lowest BCUT2D eigenvalue weighted by Gasteiger charge is -2.11. The summed E-state index contributed by atoms with van der Waals surface area (Å²) in [5.74, 6) is -3.79. The fourth-order valence-corrected chi connectivity index (χ4v) is 3.54. The Morgan fingerprint density at radius 1 is 1.20 bits per heavy atom. The Morgan fingerprint density at radius 3 is 2.36 bits per heavy atom. The van der Waals surface area contributed by atoms with Crippen LogP contribution in [0.3, 0.4) is 0 Å². The van der Waals surface area contributed by atoms with Crippen LogP contribution in [0.25, 0.3) is 10.1 Å². The van der Waals surface area contributed by atoms with E-state index in [4.69, 9.17) is 26.8 Å². The number of carbonyl (C=O) groups excluding carboxylic acids is 1. The van der Waals surface area contributed by atoms with Crippen molar-refractivity contribution in [2.75, 3.05) is 20.0 Å². The summed E-state index contributed by atoms with van der Waals surface area (Å²) in [7, 11) is 2.40. The van der Waals surface area contributed by atoms with Gasteiger partial charge < -0.3 is 15.2 Å². The number of fused-ring (bicyclic) bond motifs is 1. The maximum Gasteiger partial charge on any atom is 0.211 e. The third-order valence-electron chi connectivity index (χ3n) is 3.59. The Bertz CT molecular complexity index is 979. The Labute approximate surface area is 149 Å². The number of nitrogen functional groups attached to an aromatic ring is 1. The number of ketones is 1. The fourth-order valence-electron chi connectivity index (χ4n) is 2.36. The number of anilines is 1. The van der Waals surface area contributed by atoms with E-state index in [1.165, 1.54) is 26.5 Å². The van der Waals surface area contributed by atoms with E-state index in [0.29, 0.717) is 10.1 Å². The van der Waals surface area contributed by atoms with Crippen molar-refractivity contribution < 1.29 is 23.0 Å². The minimum absolute atomic E-state index is 0.0211.